The van der Waals surface area contributed by atoms with E-state index < -0.39 is 0 Å². The van der Waals surface area contributed by atoms with Crippen molar-refractivity contribution in [2.75, 3.05) is 32.4 Å². The lowest BCUT2D eigenvalue weighted by molar-refractivity contribution is -0.113. The second-order valence-electron chi connectivity index (χ2n) is 6.67. The molecule has 9 nitrogen and oxygen atoms in total. The highest BCUT2D eigenvalue weighted by Gasteiger charge is 2.15. The zero-order chi connectivity index (χ0) is 23.6. The monoisotopic (exact) mass is 470 g/mol. The fourth-order valence-corrected chi connectivity index (χ4v) is 3.65. The molecule has 0 saturated heterocycles. The van der Waals surface area contributed by atoms with Crippen LogP contribution in [-0.2, 0) is 17.9 Å². The van der Waals surface area contributed by atoms with Crippen LogP contribution in [0.5, 0.6) is 23.0 Å². The third-order valence-corrected chi connectivity index (χ3v) is 5.51. The molecule has 33 heavy (non-hydrogen) atoms. The van der Waals surface area contributed by atoms with E-state index in [0.29, 0.717) is 40.5 Å². The molecule has 0 saturated carbocycles. The second-order valence-corrected chi connectivity index (χ2v) is 7.61. The van der Waals surface area contributed by atoms with Gasteiger partial charge in [-0.25, -0.2) is 0 Å². The SMILES string of the molecule is C=CCn1c(COc2ccc(OC)cc2)nnc1SCC(=O)Nc1ccc(OC)cc1OC. The fourth-order valence-electron chi connectivity index (χ4n) is 2.88. The van der Waals surface area contributed by atoms with Crippen LogP contribution in [0.1, 0.15) is 5.82 Å². The Morgan fingerprint density at radius 3 is 2.39 bits per heavy atom. The first-order valence-corrected chi connectivity index (χ1v) is 11.0. The van der Waals surface area contributed by atoms with Gasteiger partial charge in [0.25, 0.3) is 0 Å². The van der Waals surface area contributed by atoms with Crippen molar-refractivity contribution in [1.29, 1.82) is 0 Å². The van der Waals surface area contributed by atoms with Crippen LogP contribution in [0.2, 0.25) is 0 Å². The molecule has 1 N–H and O–H groups in total. The van der Waals surface area contributed by atoms with Crippen molar-refractivity contribution < 1.29 is 23.7 Å². The van der Waals surface area contributed by atoms with Crippen molar-refractivity contribution >= 4 is 23.4 Å². The number of nitrogens with zero attached hydrogens (tertiary/aromatic N) is 3. The molecule has 3 rings (SSSR count). The molecule has 10 heteroatoms. The average molecular weight is 471 g/mol. The molecule has 174 valence electrons. The van der Waals surface area contributed by atoms with Gasteiger partial charge in [0.1, 0.15) is 29.6 Å². The molecule has 0 unspecified atom stereocenters. The van der Waals surface area contributed by atoms with Crippen molar-refractivity contribution in [3.63, 3.8) is 0 Å². The van der Waals surface area contributed by atoms with Crippen LogP contribution >= 0.6 is 11.8 Å². The lowest BCUT2D eigenvalue weighted by Gasteiger charge is -2.12. The molecular weight excluding hydrogens is 444 g/mol. The molecule has 0 aliphatic carbocycles. The number of thioether (sulfide) groups is 1. The molecule has 1 heterocycles. The Hall–Kier alpha value is -3.66. The van der Waals surface area contributed by atoms with E-state index in [1.807, 2.05) is 28.8 Å². The highest BCUT2D eigenvalue weighted by atomic mass is 32.2. The summed E-state index contributed by atoms with van der Waals surface area (Å²) in [5.41, 5.74) is 0.560. The topological polar surface area (TPSA) is 96.7 Å². The van der Waals surface area contributed by atoms with Gasteiger partial charge in [-0.1, -0.05) is 17.8 Å². The maximum atomic E-state index is 12.5. The van der Waals surface area contributed by atoms with Crippen LogP contribution < -0.4 is 24.3 Å². The number of nitrogens with one attached hydrogen (secondary N) is 1. The molecule has 0 spiro atoms. The van der Waals surface area contributed by atoms with Crippen LogP contribution in [0.3, 0.4) is 0 Å². The van der Waals surface area contributed by atoms with Crippen molar-refractivity contribution in [3.05, 3.63) is 60.9 Å². The molecular formula is C23H26N4O5S. The third kappa shape index (κ3) is 6.42. The van der Waals surface area contributed by atoms with E-state index in [4.69, 9.17) is 18.9 Å². The Kier molecular flexibility index (Phi) is 8.59. The van der Waals surface area contributed by atoms with Gasteiger partial charge in [-0.05, 0) is 36.4 Å². The van der Waals surface area contributed by atoms with Crippen molar-refractivity contribution in [1.82, 2.24) is 14.8 Å². The zero-order valence-corrected chi connectivity index (χ0v) is 19.6. The lowest BCUT2D eigenvalue weighted by atomic mass is 10.2. The van der Waals surface area contributed by atoms with E-state index in [0.717, 1.165) is 5.75 Å². The van der Waals surface area contributed by atoms with Gasteiger partial charge in [0.15, 0.2) is 11.0 Å². The minimum Gasteiger partial charge on any atom is -0.497 e. The number of aromatic nitrogens is 3. The highest BCUT2D eigenvalue weighted by Crippen LogP contribution is 2.29. The average Bonchev–Trinajstić information content (AvgIpc) is 3.23. The first-order chi connectivity index (χ1) is 16.1. The van der Waals surface area contributed by atoms with Crippen LogP contribution in [0.4, 0.5) is 5.69 Å². The third-order valence-electron chi connectivity index (χ3n) is 4.55. The van der Waals surface area contributed by atoms with Crippen molar-refractivity contribution in [3.8, 4) is 23.0 Å². The molecule has 0 aliphatic heterocycles. The summed E-state index contributed by atoms with van der Waals surface area (Å²) in [6.45, 7) is 4.51. The molecule has 2 aromatic carbocycles. The van der Waals surface area contributed by atoms with E-state index in [1.165, 1.54) is 18.9 Å². The summed E-state index contributed by atoms with van der Waals surface area (Å²) in [7, 11) is 4.71. The Morgan fingerprint density at radius 2 is 1.73 bits per heavy atom. The molecule has 0 atom stereocenters. The van der Waals surface area contributed by atoms with E-state index in [2.05, 4.69) is 22.1 Å². The summed E-state index contributed by atoms with van der Waals surface area (Å²) < 4.78 is 23.3. The number of hydrogen-bond donors (Lipinski definition) is 1. The molecule has 0 fully saturated rings. The van der Waals surface area contributed by atoms with Crippen LogP contribution in [0.25, 0.3) is 0 Å². The van der Waals surface area contributed by atoms with Gasteiger partial charge in [0.2, 0.25) is 5.91 Å². The summed E-state index contributed by atoms with van der Waals surface area (Å²) in [6, 6.07) is 12.5. The summed E-state index contributed by atoms with van der Waals surface area (Å²) in [5.74, 6) is 3.16. The van der Waals surface area contributed by atoms with Gasteiger partial charge in [-0.2, -0.15) is 0 Å². The minimum atomic E-state index is -0.201. The van der Waals surface area contributed by atoms with Gasteiger partial charge in [0, 0.05) is 12.6 Å². The summed E-state index contributed by atoms with van der Waals surface area (Å²) in [6.07, 6.45) is 1.74. The number of rotatable bonds is 12. The van der Waals surface area contributed by atoms with Gasteiger partial charge < -0.3 is 24.3 Å². The predicted octanol–water partition coefficient (Wildman–Crippen LogP) is 3.80. The Morgan fingerprint density at radius 1 is 1.03 bits per heavy atom. The van der Waals surface area contributed by atoms with E-state index in [-0.39, 0.29) is 18.3 Å². The summed E-state index contributed by atoms with van der Waals surface area (Å²) in [5, 5.41) is 11.9. The zero-order valence-electron chi connectivity index (χ0n) is 18.7. The number of hydrogen-bond acceptors (Lipinski definition) is 8. The number of methoxy groups -OCH3 is 3. The Labute approximate surface area is 196 Å². The first-order valence-electron chi connectivity index (χ1n) is 10.0. The quantitative estimate of drug-likeness (QED) is 0.315. The summed E-state index contributed by atoms with van der Waals surface area (Å²) >= 11 is 1.27. The highest BCUT2D eigenvalue weighted by molar-refractivity contribution is 7.99. The number of carbonyl (C=O) groups excluding carboxylic acids is 1. The van der Waals surface area contributed by atoms with E-state index >= 15 is 0 Å². The Balaban J connectivity index is 1.61. The largest absolute Gasteiger partial charge is 0.497 e. The fraction of sp³-hybridized carbons (Fsp3) is 0.261. The molecule has 0 bridgehead atoms. The number of allylic oxidation sites excluding steroid dienone is 1. The minimum absolute atomic E-state index is 0.143. The normalized spacial score (nSPS) is 10.4. The van der Waals surface area contributed by atoms with Gasteiger partial charge in [-0.15, -0.1) is 16.8 Å². The van der Waals surface area contributed by atoms with Crippen molar-refractivity contribution in [2.45, 2.75) is 18.3 Å². The maximum absolute atomic E-state index is 12.5. The molecule has 1 amide bonds. The number of amides is 1. The number of anilines is 1. The van der Waals surface area contributed by atoms with Gasteiger partial charge >= 0.3 is 0 Å². The molecule has 3 aromatic rings. The lowest BCUT2D eigenvalue weighted by Crippen LogP contribution is -2.15. The number of ether oxygens (including phenoxy) is 4. The smallest absolute Gasteiger partial charge is 0.234 e. The van der Waals surface area contributed by atoms with Crippen LogP contribution in [0, 0.1) is 0 Å². The second kappa shape index (κ2) is 11.8. The molecule has 1 aromatic heterocycles. The van der Waals surface area contributed by atoms with Crippen LogP contribution in [-0.4, -0.2) is 47.8 Å². The number of benzene rings is 2. The van der Waals surface area contributed by atoms with E-state index in [1.54, 1.807) is 38.5 Å². The Bertz CT molecular complexity index is 1080. The van der Waals surface area contributed by atoms with E-state index in [9.17, 15) is 4.79 Å². The summed E-state index contributed by atoms with van der Waals surface area (Å²) in [4.78, 5) is 12.5. The van der Waals surface area contributed by atoms with Gasteiger partial charge in [0.05, 0.1) is 32.8 Å². The molecule has 0 radical (unpaired) electrons. The van der Waals surface area contributed by atoms with Crippen LogP contribution in [0.15, 0.2) is 60.3 Å². The standard InChI is InChI=1S/C23H26N4O5S/c1-5-12-27-21(14-32-17-8-6-16(29-2)7-9-17)25-26-23(27)33-15-22(28)24-19-11-10-18(30-3)13-20(19)31-4/h5-11,13H,1,12,14-15H2,2-4H3,(H,24,28). The molecule has 0 aliphatic rings. The predicted molar refractivity (Wildman–Crippen MR) is 126 cm³/mol. The number of carbonyl (C=O) groups is 1. The van der Waals surface area contributed by atoms with Gasteiger partial charge in [-0.3, -0.25) is 9.36 Å². The maximum Gasteiger partial charge on any atom is 0.234 e. The first kappa shape index (κ1) is 24.0. The van der Waals surface area contributed by atoms with Crippen molar-refractivity contribution in [2.24, 2.45) is 0 Å².